The second-order valence-electron chi connectivity index (χ2n) is 9.17. The van der Waals surface area contributed by atoms with Gasteiger partial charge in [-0.15, -0.1) is 0 Å². The summed E-state index contributed by atoms with van der Waals surface area (Å²) in [7, 11) is 0. The normalized spacial score (nSPS) is 21.6. The second-order valence-corrected chi connectivity index (χ2v) is 9.17. The first-order valence-electron chi connectivity index (χ1n) is 11.8. The number of ketones is 2. The van der Waals surface area contributed by atoms with Gasteiger partial charge in [-0.3, -0.25) is 9.59 Å². The van der Waals surface area contributed by atoms with Gasteiger partial charge < -0.3 is 4.98 Å². The molecule has 3 heteroatoms. The minimum atomic E-state index is 0.130. The smallest absolute Gasteiger partial charge is 0.182 e. The number of carbonyl (C=O) groups is 2. The fourth-order valence-electron chi connectivity index (χ4n) is 5.34. The molecular weight excluding hydrogens is 382 g/mol. The number of rotatable bonds is 9. The Morgan fingerprint density at radius 3 is 2.61 bits per heavy atom. The van der Waals surface area contributed by atoms with E-state index in [-0.39, 0.29) is 11.7 Å². The molecule has 0 bridgehead atoms. The first kappa shape index (κ1) is 21.5. The van der Waals surface area contributed by atoms with Gasteiger partial charge in [-0.2, -0.15) is 0 Å². The van der Waals surface area contributed by atoms with Gasteiger partial charge in [-0.1, -0.05) is 55.8 Å². The third-order valence-corrected chi connectivity index (χ3v) is 7.16. The van der Waals surface area contributed by atoms with E-state index in [1.54, 1.807) is 0 Å². The first-order chi connectivity index (χ1) is 15.1. The van der Waals surface area contributed by atoms with Gasteiger partial charge in [0.1, 0.15) is 5.78 Å². The summed E-state index contributed by atoms with van der Waals surface area (Å²) in [6.07, 6.45) is 15.4. The Labute approximate surface area is 185 Å². The number of allylic oxidation sites excluding steroid dienone is 4. The molecule has 1 N–H and O–H groups in total. The summed E-state index contributed by atoms with van der Waals surface area (Å²) < 4.78 is 0. The Morgan fingerprint density at radius 2 is 1.94 bits per heavy atom. The Morgan fingerprint density at radius 1 is 1.10 bits per heavy atom. The van der Waals surface area contributed by atoms with Gasteiger partial charge in [0.25, 0.3) is 0 Å². The molecule has 1 fully saturated rings. The predicted octanol–water partition coefficient (Wildman–Crippen LogP) is 6.58. The maximum atomic E-state index is 12.9. The quantitative estimate of drug-likeness (QED) is 0.471. The largest absolute Gasteiger partial charge is 0.359 e. The van der Waals surface area contributed by atoms with E-state index >= 15 is 0 Å². The van der Waals surface area contributed by atoms with E-state index in [0.717, 1.165) is 49.8 Å². The van der Waals surface area contributed by atoms with Crippen molar-refractivity contribution in [3.63, 3.8) is 0 Å². The monoisotopic (exact) mass is 415 g/mol. The number of aromatic nitrogens is 1. The van der Waals surface area contributed by atoms with Crippen LogP contribution in [0, 0.1) is 17.8 Å². The van der Waals surface area contributed by atoms with Crippen molar-refractivity contribution in [3.05, 3.63) is 77.6 Å². The molecule has 1 aromatic carbocycles. The van der Waals surface area contributed by atoms with Gasteiger partial charge in [-0.05, 0) is 72.8 Å². The van der Waals surface area contributed by atoms with Crippen LogP contribution in [-0.4, -0.2) is 16.6 Å². The highest BCUT2D eigenvalue weighted by Gasteiger charge is 2.31. The van der Waals surface area contributed by atoms with Crippen molar-refractivity contribution in [1.82, 2.24) is 4.98 Å². The molecule has 2 aliphatic carbocycles. The molecule has 1 atom stereocenters. The molecule has 1 aromatic heterocycles. The molecule has 1 saturated carbocycles. The minimum Gasteiger partial charge on any atom is -0.359 e. The Balaban J connectivity index is 1.29. The van der Waals surface area contributed by atoms with Crippen LogP contribution in [-0.2, 0) is 11.2 Å². The molecule has 3 nitrogen and oxygen atoms in total. The fraction of sp³-hybridized carbons (Fsp3) is 0.429. The maximum Gasteiger partial charge on any atom is 0.182 e. The van der Waals surface area contributed by atoms with Gasteiger partial charge in [0.05, 0.1) is 5.69 Å². The summed E-state index contributed by atoms with van der Waals surface area (Å²) in [6, 6.07) is 12.2. The van der Waals surface area contributed by atoms with Crippen LogP contribution in [0.1, 0.15) is 73.5 Å². The van der Waals surface area contributed by atoms with E-state index in [0.29, 0.717) is 30.5 Å². The Kier molecular flexibility index (Phi) is 7.01. The molecule has 2 aromatic rings. The third kappa shape index (κ3) is 5.33. The van der Waals surface area contributed by atoms with E-state index in [1.807, 2.05) is 18.3 Å². The summed E-state index contributed by atoms with van der Waals surface area (Å²) in [5.74, 6) is 1.71. The summed E-state index contributed by atoms with van der Waals surface area (Å²) in [5.41, 5.74) is 4.40. The van der Waals surface area contributed by atoms with Crippen LogP contribution < -0.4 is 0 Å². The van der Waals surface area contributed by atoms with Crippen molar-refractivity contribution in [3.8, 4) is 0 Å². The highest BCUT2D eigenvalue weighted by molar-refractivity contribution is 5.96. The van der Waals surface area contributed by atoms with Gasteiger partial charge in [0.15, 0.2) is 5.78 Å². The second kappa shape index (κ2) is 10.1. The molecular formula is C28H33NO2. The molecule has 0 radical (unpaired) electrons. The zero-order valence-electron chi connectivity index (χ0n) is 18.5. The zero-order chi connectivity index (χ0) is 21.6. The number of nitrogens with one attached hydrogen (secondary N) is 1. The lowest BCUT2D eigenvalue weighted by Crippen LogP contribution is -2.27. The molecule has 0 aliphatic heterocycles. The number of H-pyrrole nitrogens is 1. The fourth-order valence-corrected chi connectivity index (χ4v) is 5.34. The third-order valence-electron chi connectivity index (χ3n) is 7.16. The first-order valence-corrected chi connectivity index (χ1v) is 11.8. The SMILES string of the molecule is CCC(CC(=O)Cc1cccc(C2=CC=CC2)c1)C1CCC(C(=O)c2ccc[nH]2)CC1. The average Bonchev–Trinajstić information content (AvgIpc) is 3.52. The number of benzene rings is 1. The summed E-state index contributed by atoms with van der Waals surface area (Å²) in [5, 5.41) is 0. The average molecular weight is 416 g/mol. The van der Waals surface area contributed by atoms with Gasteiger partial charge in [0.2, 0.25) is 0 Å². The molecule has 4 rings (SSSR count). The molecule has 0 saturated heterocycles. The van der Waals surface area contributed by atoms with Gasteiger partial charge in [-0.25, -0.2) is 0 Å². The lowest BCUT2D eigenvalue weighted by molar-refractivity contribution is -0.119. The van der Waals surface area contributed by atoms with Crippen LogP contribution in [0.5, 0.6) is 0 Å². The molecule has 0 spiro atoms. The Hall–Kier alpha value is -2.68. The van der Waals surface area contributed by atoms with Crippen LogP contribution in [0.15, 0.2) is 60.8 Å². The Bertz CT molecular complexity index is 959. The van der Waals surface area contributed by atoms with Crippen LogP contribution in [0.3, 0.4) is 0 Å². The number of aromatic amines is 1. The minimum absolute atomic E-state index is 0.130. The van der Waals surface area contributed by atoms with E-state index in [2.05, 4.69) is 54.4 Å². The standard InChI is InChI=1S/C28H33NO2/c1-2-21(23-12-14-24(15-13-23)28(31)27-11-6-16-29-27)19-26(30)18-20-7-5-10-25(17-20)22-8-3-4-9-22/h3-8,10-11,16-17,21,23-24,29H,2,9,12-15,18-19H2,1H3. The molecule has 162 valence electrons. The van der Waals surface area contributed by atoms with Crippen molar-refractivity contribution in [2.75, 3.05) is 0 Å². The van der Waals surface area contributed by atoms with Crippen LogP contribution in [0.25, 0.3) is 5.57 Å². The highest BCUT2D eigenvalue weighted by atomic mass is 16.1. The molecule has 1 heterocycles. The molecule has 31 heavy (non-hydrogen) atoms. The maximum absolute atomic E-state index is 12.9. The molecule has 1 unspecified atom stereocenters. The van der Waals surface area contributed by atoms with E-state index in [9.17, 15) is 9.59 Å². The van der Waals surface area contributed by atoms with Crippen LogP contribution >= 0.6 is 0 Å². The predicted molar refractivity (Wildman–Crippen MR) is 126 cm³/mol. The van der Waals surface area contributed by atoms with Crippen molar-refractivity contribution in [2.24, 2.45) is 17.8 Å². The van der Waals surface area contributed by atoms with E-state index in [1.165, 1.54) is 11.1 Å². The lowest BCUT2D eigenvalue weighted by atomic mass is 9.72. The number of carbonyl (C=O) groups excluding carboxylic acids is 2. The van der Waals surface area contributed by atoms with Crippen molar-refractivity contribution < 1.29 is 9.59 Å². The van der Waals surface area contributed by atoms with Crippen molar-refractivity contribution in [2.45, 2.75) is 58.3 Å². The lowest BCUT2D eigenvalue weighted by Gasteiger charge is -2.32. The van der Waals surface area contributed by atoms with Crippen molar-refractivity contribution >= 4 is 17.1 Å². The van der Waals surface area contributed by atoms with Gasteiger partial charge >= 0.3 is 0 Å². The van der Waals surface area contributed by atoms with Crippen molar-refractivity contribution in [1.29, 1.82) is 0 Å². The number of hydrogen-bond donors (Lipinski definition) is 1. The van der Waals surface area contributed by atoms with E-state index < -0.39 is 0 Å². The van der Waals surface area contributed by atoms with Crippen LogP contribution in [0.4, 0.5) is 0 Å². The molecule has 2 aliphatic rings. The summed E-state index contributed by atoms with van der Waals surface area (Å²) in [4.78, 5) is 28.6. The number of Topliss-reactive ketones (excluding diaryl/α,β-unsaturated/α-hetero) is 2. The van der Waals surface area contributed by atoms with Gasteiger partial charge in [0, 0.05) is 25.0 Å². The topological polar surface area (TPSA) is 49.9 Å². The van der Waals surface area contributed by atoms with E-state index in [4.69, 9.17) is 0 Å². The zero-order valence-corrected chi connectivity index (χ0v) is 18.5. The number of hydrogen-bond acceptors (Lipinski definition) is 2. The molecule has 0 amide bonds. The summed E-state index contributed by atoms with van der Waals surface area (Å²) in [6.45, 7) is 2.20. The highest BCUT2D eigenvalue weighted by Crippen LogP contribution is 2.37. The summed E-state index contributed by atoms with van der Waals surface area (Å²) >= 11 is 0. The van der Waals surface area contributed by atoms with Crippen LogP contribution in [0.2, 0.25) is 0 Å².